The first-order valence-corrected chi connectivity index (χ1v) is 13.9. The van der Waals surface area contributed by atoms with Gasteiger partial charge < -0.3 is 15.3 Å². The average Bonchev–Trinajstić information content (AvgIpc) is 2.79. The van der Waals surface area contributed by atoms with Crippen molar-refractivity contribution in [3.05, 3.63) is 11.6 Å². The number of aliphatic hydroxyl groups excluding tert-OH is 2. The fourth-order valence-electron chi connectivity index (χ4n) is 10.4. The molecule has 5 nitrogen and oxygen atoms in total. The highest BCUT2D eigenvalue weighted by molar-refractivity contribution is 5.89. The predicted molar refractivity (Wildman–Crippen MR) is 134 cm³/mol. The molecule has 3 N–H and O–H groups in total. The molecule has 10 atom stereocenters. The van der Waals surface area contributed by atoms with Gasteiger partial charge in [0.05, 0.1) is 18.1 Å². The number of hydrogen-bond acceptors (Lipinski definition) is 4. The summed E-state index contributed by atoms with van der Waals surface area (Å²) in [6.07, 6.45) is 8.76. The van der Waals surface area contributed by atoms with Crippen LogP contribution in [-0.4, -0.2) is 39.8 Å². The third kappa shape index (κ3) is 2.94. The van der Waals surface area contributed by atoms with Crippen molar-refractivity contribution in [2.24, 2.45) is 50.2 Å². The van der Waals surface area contributed by atoms with Gasteiger partial charge in [0.15, 0.2) is 0 Å². The van der Waals surface area contributed by atoms with Crippen LogP contribution in [0.15, 0.2) is 11.6 Å². The van der Waals surface area contributed by atoms with Gasteiger partial charge in [-0.15, -0.1) is 0 Å². The molecule has 5 aliphatic carbocycles. The zero-order valence-corrected chi connectivity index (χ0v) is 22.6. The molecule has 0 bridgehead atoms. The summed E-state index contributed by atoms with van der Waals surface area (Å²) in [5.74, 6) is 0.185. The SMILES string of the molecule is C[C@@]1(C(=O)O)CC[C@]2(C)C(=O)C[C@]3(C)C(=CC[C@@H]4[C@@]5(C)CC[C@H](O)[C@](C)(CO)[C@@H]5CC[C@]43C)[C@@H]2C1. The summed E-state index contributed by atoms with van der Waals surface area (Å²) in [6, 6.07) is 0. The van der Waals surface area contributed by atoms with Crippen molar-refractivity contribution < 1.29 is 24.9 Å². The maximum Gasteiger partial charge on any atom is 0.309 e. The summed E-state index contributed by atoms with van der Waals surface area (Å²) < 4.78 is 0. The molecule has 0 aromatic carbocycles. The number of aliphatic carboxylic acids is 1. The number of carbonyl (C=O) groups is 2. The summed E-state index contributed by atoms with van der Waals surface area (Å²) in [5.41, 5.74) is -0.758. The minimum atomic E-state index is -0.784. The molecule has 4 fully saturated rings. The van der Waals surface area contributed by atoms with Gasteiger partial charge >= 0.3 is 5.97 Å². The number of carbonyl (C=O) groups excluding carboxylic acids is 1. The minimum Gasteiger partial charge on any atom is -0.481 e. The normalized spacial score (nSPS) is 55.7. The van der Waals surface area contributed by atoms with Crippen LogP contribution in [0.3, 0.4) is 0 Å². The van der Waals surface area contributed by atoms with Gasteiger partial charge in [0.1, 0.15) is 5.78 Å². The standard InChI is InChI=1S/C30H46O5/c1-25(24(34)35)13-14-26(2)19(15-25)18-7-8-21-27(3)11-10-22(32)28(4,17-31)20(27)9-12-29(21,5)30(18,6)16-23(26)33/h7,19-22,31-32H,8-17H2,1-6H3,(H,34,35)/t19-,20+,21+,22-,25+,26-,27-,28+,29+,30+/m0/s1. The van der Waals surface area contributed by atoms with Gasteiger partial charge in [-0.25, -0.2) is 0 Å². The Morgan fingerprint density at radius 2 is 1.69 bits per heavy atom. The Morgan fingerprint density at radius 1 is 1.00 bits per heavy atom. The van der Waals surface area contributed by atoms with E-state index in [0.717, 1.165) is 25.7 Å². The van der Waals surface area contributed by atoms with E-state index in [4.69, 9.17) is 0 Å². The van der Waals surface area contributed by atoms with E-state index in [1.54, 1.807) is 0 Å². The van der Waals surface area contributed by atoms with E-state index < -0.39 is 28.3 Å². The number of Topliss-reactive ketones (excluding diaryl/α,β-unsaturated/α-hetero) is 1. The first-order chi connectivity index (χ1) is 16.1. The fourth-order valence-corrected chi connectivity index (χ4v) is 10.4. The lowest BCUT2D eigenvalue weighted by atomic mass is 9.33. The van der Waals surface area contributed by atoms with Crippen molar-refractivity contribution in [1.82, 2.24) is 0 Å². The van der Waals surface area contributed by atoms with Gasteiger partial charge in [0.25, 0.3) is 0 Å². The molecule has 5 aliphatic rings. The van der Waals surface area contributed by atoms with Gasteiger partial charge in [-0.05, 0) is 86.9 Å². The summed E-state index contributed by atoms with van der Waals surface area (Å²) in [7, 11) is 0. The molecule has 4 saturated carbocycles. The zero-order valence-electron chi connectivity index (χ0n) is 22.6. The van der Waals surface area contributed by atoms with Crippen LogP contribution in [0.5, 0.6) is 0 Å². The highest BCUT2D eigenvalue weighted by Crippen LogP contribution is 2.75. The molecule has 0 aliphatic heterocycles. The summed E-state index contributed by atoms with van der Waals surface area (Å²) in [4.78, 5) is 26.2. The lowest BCUT2D eigenvalue weighted by Gasteiger charge is -2.71. The van der Waals surface area contributed by atoms with Crippen LogP contribution >= 0.6 is 0 Å². The Labute approximate surface area is 210 Å². The molecule has 35 heavy (non-hydrogen) atoms. The number of hydrogen-bond donors (Lipinski definition) is 3. The van der Waals surface area contributed by atoms with E-state index in [9.17, 15) is 24.9 Å². The van der Waals surface area contributed by atoms with Gasteiger partial charge in [-0.3, -0.25) is 9.59 Å². The molecule has 0 unspecified atom stereocenters. The smallest absolute Gasteiger partial charge is 0.309 e. The molecule has 0 heterocycles. The number of rotatable bonds is 2. The molecule has 5 rings (SSSR count). The highest BCUT2D eigenvalue weighted by Gasteiger charge is 2.70. The maximum atomic E-state index is 13.9. The van der Waals surface area contributed by atoms with Crippen LogP contribution in [0.25, 0.3) is 0 Å². The minimum absolute atomic E-state index is 0.00288. The number of fused-ring (bicyclic) bond motifs is 7. The van der Waals surface area contributed by atoms with E-state index in [1.165, 1.54) is 5.57 Å². The molecule has 0 amide bonds. The quantitative estimate of drug-likeness (QED) is 0.455. The molecule has 5 heteroatoms. The second-order valence-corrected chi connectivity index (χ2v) is 14.7. The summed E-state index contributed by atoms with van der Waals surface area (Å²) in [6.45, 7) is 13.1. The van der Waals surface area contributed by atoms with Crippen molar-refractivity contribution in [3.8, 4) is 0 Å². The van der Waals surface area contributed by atoms with E-state index in [2.05, 4.69) is 40.7 Å². The lowest BCUT2D eigenvalue weighted by molar-refractivity contribution is -0.214. The van der Waals surface area contributed by atoms with E-state index >= 15 is 0 Å². The van der Waals surface area contributed by atoms with Crippen LogP contribution in [0.2, 0.25) is 0 Å². The van der Waals surface area contributed by atoms with Crippen LogP contribution in [-0.2, 0) is 9.59 Å². The molecular formula is C30H46O5. The monoisotopic (exact) mass is 486 g/mol. The van der Waals surface area contributed by atoms with E-state index in [-0.39, 0.29) is 34.7 Å². The zero-order chi connectivity index (χ0) is 25.8. The fraction of sp³-hybridized carbons (Fsp3) is 0.867. The molecule has 0 saturated heterocycles. The van der Waals surface area contributed by atoms with Crippen molar-refractivity contribution in [2.45, 2.75) is 105 Å². The number of allylic oxidation sites excluding steroid dienone is 2. The van der Waals surface area contributed by atoms with Gasteiger partial charge in [-0.1, -0.05) is 46.3 Å². The number of carboxylic acids is 1. The van der Waals surface area contributed by atoms with Crippen LogP contribution in [0, 0.1) is 50.2 Å². The second kappa shape index (κ2) is 7.43. The topological polar surface area (TPSA) is 94.8 Å². The van der Waals surface area contributed by atoms with Crippen molar-refractivity contribution in [3.63, 3.8) is 0 Å². The molecule has 196 valence electrons. The second-order valence-electron chi connectivity index (χ2n) is 14.7. The Bertz CT molecular complexity index is 987. The van der Waals surface area contributed by atoms with Crippen molar-refractivity contribution >= 4 is 11.8 Å². The summed E-state index contributed by atoms with van der Waals surface area (Å²) >= 11 is 0. The summed E-state index contributed by atoms with van der Waals surface area (Å²) in [5, 5.41) is 31.3. The predicted octanol–water partition coefficient (Wildman–Crippen LogP) is 5.39. The Kier molecular flexibility index (Phi) is 5.40. The van der Waals surface area contributed by atoms with Crippen LogP contribution < -0.4 is 0 Å². The Morgan fingerprint density at radius 3 is 2.31 bits per heavy atom. The first-order valence-electron chi connectivity index (χ1n) is 13.9. The third-order valence-corrected chi connectivity index (χ3v) is 13.3. The molecule has 0 aromatic heterocycles. The van der Waals surface area contributed by atoms with E-state index in [1.807, 2.05) is 6.92 Å². The Balaban J connectivity index is 1.60. The average molecular weight is 487 g/mol. The van der Waals surface area contributed by atoms with Crippen LogP contribution in [0.4, 0.5) is 0 Å². The highest BCUT2D eigenvalue weighted by atomic mass is 16.4. The molecule has 0 radical (unpaired) electrons. The van der Waals surface area contributed by atoms with E-state index in [0.29, 0.717) is 43.8 Å². The first kappa shape index (κ1) is 25.4. The molecular weight excluding hydrogens is 440 g/mol. The van der Waals surface area contributed by atoms with Gasteiger partial charge in [-0.2, -0.15) is 0 Å². The molecule has 0 spiro atoms. The maximum absolute atomic E-state index is 13.9. The number of carboxylic acid groups (broad SMARTS) is 1. The van der Waals surface area contributed by atoms with Crippen LogP contribution in [0.1, 0.15) is 99.3 Å². The van der Waals surface area contributed by atoms with Crippen molar-refractivity contribution in [1.29, 1.82) is 0 Å². The Hall–Kier alpha value is -1.20. The third-order valence-electron chi connectivity index (χ3n) is 13.3. The number of ketones is 1. The largest absolute Gasteiger partial charge is 0.481 e. The number of aliphatic hydroxyl groups is 2. The molecule has 0 aromatic rings. The van der Waals surface area contributed by atoms with Gasteiger partial charge in [0.2, 0.25) is 0 Å². The lowest BCUT2D eigenvalue weighted by Crippen LogP contribution is -2.66. The van der Waals surface area contributed by atoms with Gasteiger partial charge in [0, 0.05) is 22.7 Å². The van der Waals surface area contributed by atoms with Crippen molar-refractivity contribution in [2.75, 3.05) is 6.61 Å².